The normalized spacial score (nSPS) is 11.4. The Kier molecular flexibility index (Phi) is 5.72. The number of carbonyl (C=O) groups excluding carboxylic acids is 1. The van der Waals surface area contributed by atoms with Crippen LogP contribution < -0.4 is 9.62 Å². The summed E-state index contributed by atoms with van der Waals surface area (Å²) in [4.78, 5) is 12.4. The van der Waals surface area contributed by atoms with Crippen LogP contribution in [0, 0.1) is 6.92 Å². The molecule has 0 spiro atoms. The Hall–Kier alpha value is -2.09. The molecule has 2 rings (SSSR count). The van der Waals surface area contributed by atoms with E-state index in [-0.39, 0.29) is 5.91 Å². The third kappa shape index (κ3) is 4.12. The maximum atomic E-state index is 12.4. The molecule has 0 unspecified atom stereocenters. The number of carbonyl (C=O) groups is 1. The molecule has 2 aromatic carbocycles. The molecule has 25 heavy (non-hydrogen) atoms. The van der Waals surface area contributed by atoms with Gasteiger partial charge in [-0.1, -0.05) is 17.7 Å². The SMILES string of the molecule is Cc1c(Cl)cccc1NC(=O)c1ccc(N(C)S(=O)(=O)N(C)C)cc1. The van der Waals surface area contributed by atoms with Crippen LogP contribution in [0.15, 0.2) is 42.5 Å². The van der Waals surface area contributed by atoms with E-state index in [1.165, 1.54) is 21.1 Å². The van der Waals surface area contributed by atoms with Crippen molar-refractivity contribution in [1.82, 2.24) is 4.31 Å². The fourth-order valence-corrected chi connectivity index (χ4v) is 3.19. The number of hydrogen-bond acceptors (Lipinski definition) is 3. The van der Waals surface area contributed by atoms with Gasteiger partial charge in [-0.05, 0) is 48.9 Å². The number of nitrogens with one attached hydrogen (secondary N) is 1. The van der Waals surface area contributed by atoms with Crippen LogP contribution in [0.1, 0.15) is 15.9 Å². The monoisotopic (exact) mass is 381 g/mol. The maximum absolute atomic E-state index is 12.4. The van der Waals surface area contributed by atoms with Crippen molar-refractivity contribution in [1.29, 1.82) is 0 Å². The molecule has 0 aliphatic carbocycles. The topological polar surface area (TPSA) is 69.7 Å². The standard InChI is InChI=1S/C17H20ClN3O3S/c1-12-15(18)6-5-7-16(12)19-17(22)13-8-10-14(11-9-13)21(4)25(23,24)20(2)3/h5-11H,1-4H3,(H,19,22). The molecule has 8 heteroatoms. The molecule has 0 aliphatic heterocycles. The summed E-state index contributed by atoms with van der Waals surface area (Å²) in [6.45, 7) is 1.82. The van der Waals surface area contributed by atoms with Gasteiger partial charge in [-0.15, -0.1) is 0 Å². The van der Waals surface area contributed by atoms with Gasteiger partial charge in [0.2, 0.25) is 0 Å². The first kappa shape index (κ1) is 19.2. The van der Waals surface area contributed by atoms with Gasteiger partial charge in [0.1, 0.15) is 0 Å². The van der Waals surface area contributed by atoms with Gasteiger partial charge < -0.3 is 5.32 Å². The fourth-order valence-electron chi connectivity index (χ4n) is 2.14. The van der Waals surface area contributed by atoms with E-state index in [1.807, 2.05) is 6.92 Å². The highest BCUT2D eigenvalue weighted by atomic mass is 35.5. The Labute approximate surface area is 153 Å². The van der Waals surface area contributed by atoms with Crippen molar-refractivity contribution in [3.63, 3.8) is 0 Å². The first-order valence-electron chi connectivity index (χ1n) is 7.47. The lowest BCUT2D eigenvalue weighted by Crippen LogP contribution is -2.37. The summed E-state index contributed by atoms with van der Waals surface area (Å²) in [6, 6.07) is 11.6. The van der Waals surface area contributed by atoms with Crippen LogP contribution in [0.5, 0.6) is 0 Å². The third-order valence-electron chi connectivity index (χ3n) is 3.82. The lowest BCUT2D eigenvalue weighted by molar-refractivity contribution is 0.102. The van der Waals surface area contributed by atoms with Crippen molar-refractivity contribution >= 4 is 39.1 Å². The lowest BCUT2D eigenvalue weighted by Gasteiger charge is -2.23. The van der Waals surface area contributed by atoms with Crippen LogP contribution in [0.4, 0.5) is 11.4 Å². The molecule has 0 bridgehead atoms. The average molecular weight is 382 g/mol. The van der Waals surface area contributed by atoms with E-state index >= 15 is 0 Å². The molecule has 0 saturated heterocycles. The first-order valence-corrected chi connectivity index (χ1v) is 9.25. The Morgan fingerprint density at radius 2 is 1.64 bits per heavy atom. The summed E-state index contributed by atoms with van der Waals surface area (Å²) in [5, 5.41) is 3.37. The molecule has 2 aromatic rings. The molecule has 0 heterocycles. The number of nitrogens with zero attached hydrogens (tertiary/aromatic N) is 2. The second-order valence-corrected chi connectivity index (χ2v) is 8.25. The molecule has 0 aromatic heterocycles. The van der Waals surface area contributed by atoms with Gasteiger partial charge in [-0.25, -0.2) is 0 Å². The summed E-state index contributed by atoms with van der Waals surface area (Å²) in [5.74, 6) is -0.296. The van der Waals surface area contributed by atoms with Crippen LogP contribution in [0.25, 0.3) is 0 Å². The van der Waals surface area contributed by atoms with Crippen LogP contribution in [-0.4, -0.2) is 39.8 Å². The fraction of sp³-hybridized carbons (Fsp3) is 0.235. The van der Waals surface area contributed by atoms with Gasteiger partial charge >= 0.3 is 10.2 Å². The second kappa shape index (κ2) is 7.43. The molecule has 6 nitrogen and oxygen atoms in total. The minimum absolute atomic E-state index is 0.296. The Bertz CT molecular complexity index is 881. The van der Waals surface area contributed by atoms with Crippen molar-refractivity contribution in [3.05, 3.63) is 58.6 Å². The summed E-state index contributed by atoms with van der Waals surface area (Å²) in [5.41, 5.74) is 2.29. The molecule has 0 saturated carbocycles. The number of rotatable bonds is 5. The zero-order valence-electron chi connectivity index (χ0n) is 14.4. The Morgan fingerprint density at radius 3 is 2.20 bits per heavy atom. The van der Waals surface area contributed by atoms with Crippen LogP contribution in [-0.2, 0) is 10.2 Å². The van der Waals surface area contributed by atoms with E-state index in [1.54, 1.807) is 42.5 Å². The van der Waals surface area contributed by atoms with Crippen LogP contribution in [0.3, 0.4) is 0 Å². The second-order valence-electron chi connectivity index (χ2n) is 5.67. The smallest absolute Gasteiger partial charge is 0.303 e. The molecule has 0 atom stereocenters. The quantitative estimate of drug-likeness (QED) is 0.864. The molecule has 1 amide bonds. The number of hydrogen-bond donors (Lipinski definition) is 1. The van der Waals surface area contributed by atoms with Crippen molar-refractivity contribution in [2.45, 2.75) is 6.92 Å². The van der Waals surface area contributed by atoms with Crippen LogP contribution >= 0.6 is 11.6 Å². The van der Waals surface area contributed by atoms with E-state index in [2.05, 4.69) is 5.32 Å². The minimum Gasteiger partial charge on any atom is -0.322 e. The van der Waals surface area contributed by atoms with Crippen LogP contribution in [0.2, 0.25) is 5.02 Å². The van der Waals surface area contributed by atoms with Gasteiger partial charge in [-0.2, -0.15) is 12.7 Å². The van der Waals surface area contributed by atoms with Crippen molar-refractivity contribution in [3.8, 4) is 0 Å². The highest BCUT2D eigenvalue weighted by molar-refractivity contribution is 7.90. The molecule has 0 fully saturated rings. The highest BCUT2D eigenvalue weighted by Gasteiger charge is 2.21. The highest BCUT2D eigenvalue weighted by Crippen LogP contribution is 2.24. The predicted molar refractivity (Wildman–Crippen MR) is 102 cm³/mol. The summed E-state index contributed by atoms with van der Waals surface area (Å²) >= 11 is 6.05. The summed E-state index contributed by atoms with van der Waals surface area (Å²) in [7, 11) is 0.806. The molecule has 1 N–H and O–H groups in total. The number of amides is 1. The zero-order chi connectivity index (χ0) is 18.8. The van der Waals surface area contributed by atoms with E-state index in [4.69, 9.17) is 11.6 Å². The molecule has 0 aliphatic rings. The largest absolute Gasteiger partial charge is 0.322 e. The van der Waals surface area contributed by atoms with E-state index in [0.717, 1.165) is 14.2 Å². The van der Waals surface area contributed by atoms with Gasteiger partial charge in [0, 0.05) is 37.4 Å². The average Bonchev–Trinajstić information content (AvgIpc) is 2.58. The molecular weight excluding hydrogens is 362 g/mol. The maximum Gasteiger partial charge on any atom is 0.303 e. The zero-order valence-corrected chi connectivity index (χ0v) is 16.0. The third-order valence-corrected chi connectivity index (χ3v) is 6.05. The van der Waals surface area contributed by atoms with E-state index < -0.39 is 10.2 Å². The van der Waals surface area contributed by atoms with E-state index in [0.29, 0.717) is 22.0 Å². The van der Waals surface area contributed by atoms with Gasteiger partial charge in [0.25, 0.3) is 5.91 Å². The molecule has 0 radical (unpaired) electrons. The predicted octanol–water partition coefficient (Wildman–Crippen LogP) is 3.14. The van der Waals surface area contributed by atoms with E-state index in [9.17, 15) is 13.2 Å². The van der Waals surface area contributed by atoms with Gasteiger partial charge in [0.05, 0.1) is 5.69 Å². The number of halogens is 1. The Balaban J connectivity index is 2.19. The van der Waals surface area contributed by atoms with Crippen molar-refractivity contribution < 1.29 is 13.2 Å². The lowest BCUT2D eigenvalue weighted by atomic mass is 10.1. The van der Waals surface area contributed by atoms with Crippen molar-refractivity contribution in [2.75, 3.05) is 30.8 Å². The molecule has 134 valence electrons. The summed E-state index contributed by atoms with van der Waals surface area (Å²) < 4.78 is 26.5. The number of anilines is 2. The minimum atomic E-state index is -3.57. The van der Waals surface area contributed by atoms with Gasteiger partial charge in [-0.3, -0.25) is 9.10 Å². The summed E-state index contributed by atoms with van der Waals surface area (Å²) in [6.07, 6.45) is 0. The Morgan fingerprint density at radius 1 is 1.04 bits per heavy atom. The van der Waals surface area contributed by atoms with Gasteiger partial charge in [0.15, 0.2) is 0 Å². The number of benzene rings is 2. The molecular formula is C17H20ClN3O3S. The van der Waals surface area contributed by atoms with Crippen molar-refractivity contribution in [2.24, 2.45) is 0 Å². The first-order chi connectivity index (χ1) is 11.6.